The van der Waals surface area contributed by atoms with Gasteiger partial charge in [-0.2, -0.15) is 0 Å². The van der Waals surface area contributed by atoms with Crippen molar-refractivity contribution in [3.63, 3.8) is 0 Å². The van der Waals surface area contributed by atoms with Crippen LogP contribution < -0.4 is 4.90 Å². The summed E-state index contributed by atoms with van der Waals surface area (Å²) < 4.78 is 0. The van der Waals surface area contributed by atoms with Gasteiger partial charge in [-0.1, -0.05) is 232 Å². The van der Waals surface area contributed by atoms with E-state index in [2.05, 4.69) is 280 Å². The second kappa shape index (κ2) is 15.9. The van der Waals surface area contributed by atoms with Gasteiger partial charge in [0.1, 0.15) is 0 Å². The lowest BCUT2D eigenvalue weighted by atomic mass is 9.65. The lowest BCUT2D eigenvalue weighted by Crippen LogP contribution is -2.29. The Hall–Kier alpha value is -8.78. The molecule has 1 nitrogen and oxygen atoms in total. The molecule has 11 aromatic carbocycles. The summed E-state index contributed by atoms with van der Waals surface area (Å²) in [5, 5.41) is 0. The Morgan fingerprint density at radius 1 is 0.239 bits per heavy atom. The summed E-state index contributed by atoms with van der Waals surface area (Å²) in [6.45, 7) is 4.73. The van der Waals surface area contributed by atoms with Crippen molar-refractivity contribution in [3.8, 4) is 77.9 Å². The van der Waals surface area contributed by atoms with Crippen LogP contribution in [-0.4, -0.2) is 0 Å². The van der Waals surface area contributed by atoms with Gasteiger partial charge in [0.25, 0.3) is 0 Å². The van der Waals surface area contributed by atoms with Crippen LogP contribution in [0.15, 0.2) is 261 Å². The van der Waals surface area contributed by atoms with E-state index in [1.807, 2.05) is 0 Å². The van der Waals surface area contributed by atoms with Gasteiger partial charge in [-0.15, -0.1) is 0 Å². The normalized spacial score (nSPS) is 13.7. The summed E-state index contributed by atoms with van der Waals surface area (Å²) in [5.74, 6) is 0. The highest BCUT2D eigenvalue weighted by atomic mass is 15.1. The van der Waals surface area contributed by atoms with Crippen molar-refractivity contribution in [3.05, 3.63) is 294 Å². The second-order valence-corrected chi connectivity index (χ2v) is 19.9. The molecule has 0 saturated heterocycles. The monoisotopic (exact) mass is 903 g/mol. The maximum Gasteiger partial charge on any atom is 0.0725 e. The van der Waals surface area contributed by atoms with Crippen LogP contribution in [0.4, 0.5) is 17.1 Å². The number of para-hydroxylation sites is 1. The number of nitrogens with zero attached hydrogens (tertiary/aromatic N) is 1. The SMILES string of the molecule is CC1(C)c2ccccc2-c2ccc(N(c3ccc(-c4ccccc4)cc3)c3ccccc3-c3cccc(-c4ccc5c(c4)C4(c6ccccc6-c6ccccc6-c6ccccc64)c4ccccc4-5)c3)cc21. The standard InChI is InChI=1S/C70H49N/c1-69(2)62-30-13-8-28-58(62)60-42-40-52(45-66(60)69)71(51-38-35-47(36-39-51)46-19-4-3-5-20-46)68-34-17-12-23-53(68)50-22-18-21-48(43-50)49-37-41-61-59-29-11-16-33-65(59)70(67(61)44-49)63-31-14-9-26-56(63)54-24-6-7-25-55(54)57-27-10-15-32-64(57)70/h3-45H,1-2H3. The van der Waals surface area contributed by atoms with E-state index in [1.165, 1.54) is 106 Å². The molecule has 334 valence electrons. The largest absolute Gasteiger partial charge is 0.310 e. The first-order chi connectivity index (χ1) is 35.0. The van der Waals surface area contributed by atoms with E-state index < -0.39 is 5.41 Å². The molecule has 71 heavy (non-hydrogen) atoms. The Morgan fingerprint density at radius 3 is 1.30 bits per heavy atom. The van der Waals surface area contributed by atoms with E-state index >= 15 is 0 Å². The highest BCUT2D eigenvalue weighted by Gasteiger charge is 2.49. The zero-order valence-electron chi connectivity index (χ0n) is 39.8. The highest BCUT2D eigenvalue weighted by Crippen LogP contribution is 2.62. The van der Waals surface area contributed by atoms with Crippen molar-refractivity contribution in [2.75, 3.05) is 4.90 Å². The molecule has 0 aliphatic heterocycles. The number of anilines is 3. The predicted octanol–water partition coefficient (Wildman–Crippen LogP) is 18.5. The van der Waals surface area contributed by atoms with Crippen LogP contribution >= 0.6 is 0 Å². The molecule has 0 atom stereocenters. The second-order valence-electron chi connectivity index (χ2n) is 19.9. The predicted molar refractivity (Wildman–Crippen MR) is 297 cm³/mol. The summed E-state index contributed by atoms with van der Waals surface area (Å²) in [6, 6.07) is 97.5. The number of rotatable bonds is 6. The molecule has 0 fully saturated rings. The lowest BCUT2D eigenvalue weighted by Gasteiger charge is -2.35. The quantitative estimate of drug-likeness (QED) is 0.161. The summed E-state index contributed by atoms with van der Waals surface area (Å²) in [6.07, 6.45) is 0. The third-order valence-corrected chi connectivity index (χ3v) is 15.9. The molecule has 1 heteroatoms. The molecule has 0 bridgehead atoms. The summed E-state index contributed by atoms with van der Waals surface area (Å²) in [5.41, 5.74) is 28.1. The maximum atomic E-state index is 2.51. The third kappa shape index (κ3) is 6.13. The summed E-state index contributed by atoms with van der Waals surface area (Å²) in [7, 11) is 0. The van der Waals surface area contributed by atoms with Crippen LogP contribution in [-0.2, 0) is 10.8 Å². The Bertz CT molecular complexity index is 3840. The van der Waals surface area contributed by atoms with Crippen LogP contribution in [0.5, 0.6) is 0 Å². The van der Waals surface area contributed by atoms with Crippen LogP contribution in [0.3, 0.4) is 0 Å². The minimum atomic E-state index is -0.541. The molecule has 0 saturated carbocycles. The molecule has 0 N–H and O–H groups in total. The first-order valence-corrected chi connectivity index (χ1v) is 24.9. The molecule has 0 radical (unpaired) electrons. The van der Waals surface area contributed by atoms with Gasteiger partial charge in [0.15, 0.2) is 0 Å². The average Bonchev–Trinajstić information content (AvgIpc) is 3.81. The molecule has 3 aliphatic rings. The molecule has 0 unspecified atom stereocenters. The summed E-state index contributed by atoms with van der Waals surface area (Å²) >= 11 is 0. The van der Waals surface area contributed by atoms with Crippen molar-refractivity contribution >= 4 is 17.1 Å². The van der Waals surface area contributed by atoms with E-state index in [9.17, 15) is 0 Å². The lowest BCUT2D eigenvalue weighted by molar-refractivity contribution is 0.660. The van der Waals surface area contributed by atoms with Crippen LogP contribution in [0, 0.1) is 0 Å². The molecule has 1 spiro atoms. The molecular formula is C70H49N. The molecule has 3 aliphatic carbocycles. The van der Waals surface area contributed by atoms with Gasteiger partial charge in [0.05, 0.1) is 11.1 Å². The molecule has 0 heterocycles. The van der Waals surface area contributed by atoms with E-state index in [0.29, 0.717) is 0 Å². The Kier molecular flexibility index (Phi) is 9.22. The maximum absolute atomic E-state index is 2.51. The minimum absolute atomic E-state index is 0.140. The van der Waals surface area contributed by atoms with Gasteiger partial charge in [-0.05, 0) is 148 Å². The first kappa shape index (κ1) is 41.2. The van der Waals surface area contributed by atoms with Gasteiger partial charge in [0.2, 0.25) is 0 Å². The summed E-state index contributed by atoms with van der Waals surface area (Å²) in [4.78, 5) is 2.46. The number of hydrogen-bond donors (Lipinski definition) is 0. The van der Waals surface area contributed by atoms with Crippen molar-refractivity contribution < 1.29 is 0 Å². The van der Waals surface area contributed by atoms with Crippen molar-refractivity contribution in [1.82, 2.24) is 0 Å². The highest BCUT2D eigenvalue weighted by molar-refractivity contribution is 5.98. The van der Waals surface area contributed by atoms with Crippen molar-refractivity contribution in [2.45, 2.75) is 24.7 Å². The van der Waals surface area contributed by atoms with Gasteiger partial charge >= 0.3 is 0 Å². The van der Waals surface area contributed by atoms with Crippen LogP contribution in [0.25, 0.3) is 77.9 Å². The van der Waals surface area contributed by atoms with E-state index in [-0.39, 0.29) is 5.41 Å². The first-order valence-electron chi connectivity index (χ1n) is 24.9. The smallest absolute Gasteiger partial charge is 0.0725 e. The molecule has 11 aromatic rings. The van der Waals surface area contributed by atoms with Gasteiger partial charge in [0, 0.05) is 22.4 Å². The van der Waals surface area contributed by atoms with Crippen LogP contribution in [0.1, 0.15) is 47.2 Å². The third-order valence-electron chi connectivity index (χ3n) is 15.9. The van der Waals surface area contributed by atoms with Crippen molar-refractivity contribution in [2.24, 2.45) is 0 Å². The van der Waals surface area contributed by atoms with Gasteiger partial charge < -0.3 is 4.90 Å². The fourth-order valence-corrected chi connectivity index (χ4v) is 12.7. The zero-order valence-corrected chi connectivity index (χ0v) is 39.8. The number of hydrogen-bond acceptors (Lipinski definition) is 1. The minimum Gasteiger partial charge on any atom is -0.310 e. The molecular weight excluding hydrogens is 855 g/mol. The molecule has 0 aromatic heterocycles. The average molecular weight is 904 g/mol. The zero-order chi connectivity index (χ0) is 47.3. The Morgan fingerprint density at radius 2 is 0.648 bits per heavy atom. The van der Waals surface area contributed by atoms with Gasteiger partial charge in [-0.3, -0.25) is 0 Å². The topological polar surface area (TPSA) is 3.24 Å². The van der Waals surface area contributed by atoms with Crippen molar-refractivity contribution in [1.29, 1.82) is 0 Å². The Labute approximate surface area is 416 Å². The van der Waals surface area contributed by atoms with E-state index in [0.717, 1.165) is 22.6 Å². The van der Waals surface area contributed by atoms with Gasteiger partial charge in [-0.25, -0.2) is 0 Å². The fourth-order valence-electron chi connectivity index (χ4n) is 12.7. The fraction of sp³-hybridized carbons (Fsp3) is 0.0571. The Balaban J connectivity index is 0.935. The molecule has 14 rings (SSSR count). The number of fused-ring (bicyclic) bond motifs is 15. The molecule has 0 amide bonds. The van der Waals surface area contributed by atoms with Crippen LogP contribution in [0.2, 0.25) is 0 Å². The van der Waals surface area contributed by atoms with E-state index in [4.69, 9.17) is 0 Å². The van der Waals surface area contributed by atoms with E-state index in [1.54, 1.807) is 0 Å². The number of benzene rings is 11.